The van der Waals surface area contributed by atoms with Crippen LogP contribution in [-0.2, 0) is 4.74 Å². The fourth-order valence-electron chi connectivity index (χ4n) is 2.31. The number of anilines is 1. The predicted octanol–water partition coefficient (Wildman–Crippen LogP) is 3.13. The van der Waals surface area contributed by atoms with Gasteiger partial charge in [-0.15, -0.1) is 0 Å². The number of nitrogens with one attached hydrogen (secondary N) is 1. The van der Waals surface area contributed by atoms with E-state index >= 15 is 0 Å². The highest BCUT2D eigenvalue weighted by molar-refractivity contribution is 5.93. The topological polar surface area (TPSA) is 102 Å². The van der Waals surface area contributed by atoms with Gasteiger partial charge in [0.15, 0.2) is 0 Å². The Morgan fingerprint density at radius 2 is 2.17 bits per heavy atom. The summed E-state index contributed by atoms with van der Waals surface area (Å²) in [5.41, 5.74) is 1.01. The minimum atomic E-state index is -0.684. The van der Waals surface area contributed by atoms with Crippen LogP contribution in [0, 0.1) is 0 Å². The first kappa shape index (κ1) is 15.5. The molecule has 2 heterocycles. The van der Waals surface area contributed by atoms with Crippen LogP contribution < -0.4 is 10.7 Å². The van der Waals surface area contributed by atoms with E-state index in [0.717, 1.165) is 0 Å². The Morgan fingerprint density at radius 3 is 2.96 bits per heavy atom. The summed E-state index contributed by atoms with van der Waals surface area (Å²) in [5, 5.41) is 12.5. The van der Waals surface area contributed by atoms with E-state index in [4.69, 9.17) is 9.15 Å². The predicted molar refractivity (Wildman–Crippen MR) is 88.0 cm³/mol. The van der Waals surface area contributed by atoms with Crippen LogP contribution in [0.2, 0.25) is 0 Å². The number of carbonyl (C=O) groups is 1. The second-order valence-corrected chi connectivity index (χ2v) is 4.93. The Labute approximate surface area is 136 Å². The molecule has 0 radical (unpaired) electrons. The largest absolute Gasteiger partial charge is 0.508 e. The number of nitrogens with zero attached hydrogens (tertiary/aromatic N) is 1. The molecule has 24 heavy (non-hydrogen) atoms. The molecular weight excluding hydrogens is 312 g/mol. The standard InChI is InChI=1S/C17H14N2O5/c1-2-23-17(22)19-14-7-10(20)3-4-11(14)13-9-24-15-5-6-18-8-12(15)16(13)21/h3-9,20H,2H2,1H3,(H,19,22). The number of carbonyl (C=O) groups excluding carboxylic acids is 1. The molecule has 1 aromatic carbocycles. The van der Waals surface area contributed by atoms with E-state index in [1.54, 1.807) is 13.0 Å². The van der Waals surface area contributed by atoms with Crippen molar-refractivity contribution in [1.82, 2.24) is 4.98 Å². The van der Waals surface area contributed by atoms with Gasteiger partial charge in [-0.3, -0.25) is 15.1 Å². The van der Waals surface area contributed by atoms with Crippen LogP contribution in [0.25, 0.3) is 22.1 Å². The molecule has 0 saturated carbocycles. The lowest BCUT2D eigenvalue weighted by molar-refractivity contribution is 0.168. The molecule has 0 atom stereocenters. The zero-order valence-corrected chi connectivity index (χ0v) is 12.8. The number of hydrogen-bond donors (Lipinski definition) is 2. The minimum absolute atomic E-state index is 0.0580. The summed E-state index contributed by atoms with van der Waals surface area (Å²) in [4.78, 5) is 28.3. The SMILES string of the molecule is CCOC(=O)Nc1cc(O)ccc1-c1coc2ccncc2c1=O. The molecule has 7 heteroatoms. The Hall–Kier alpha value is -3.35. The highest BCUT2D eigenvalue weighted by atomic mass is 16.5. The highest BCUT2D eigenvalue weighted by Gasteiger charge is 2.15. The summed E-state index contributed by atoms with van der Waals surface area (Å²) >= 11 is 0. The summed E-state index contributed by atoms with van der Waals surface area (Å²) in [6.45, 7) is 1.87. The number of aromatic hydroxyl groups is 1. The molecule has 0 saturated heterocycles. The molecule has 3 rings (SSSR count). The van der Waals surface area contributed by atoms with Gasteiger partial charge in [0.2, 0.25) is 5.43 Å². The molecule has 2 aromatic heterocycles. The van der Waals surface area contributed by atoms with Crippen molar-refractivity contribution in [2.75, 3.05) is 11.9 Å². The number of aromatic nitrogens is 1. The van der Waals surface area contributed by atoms with Gasteiger partial charge in [-0.2, -0.15) is 0 Å². The quantitative estimate of drug-likeness (QED) is 0.766. The summed E-state index contributed by atoms with van der Waals surface area (Å²) < 4.78 is 10.3. The van der Waals surface area contributed by atoms with Crippen LogP contribution in [0.15, 0.2) is 52.1 Å². The first-order chi connectivity index (χ1) is 11.6. The summed E-state index contributed by atoms with van der Waals surface area (Å²) in [6, 6.07) is 5.86. The maximum Gasteiger partial charge on any atom is 0.411 e. The van der Waals surface area contributed by atoms with Crippen molar-refractivity contribution in [3.8, 4) is 16.9 Å². The number of rotatable bonds is 3. The Balaban J connectivity index is 2.14. The van der Waals surface area contributed by atoms with Crippen LogP contribution in [0.4, 0.5) is 10.5 Å². The molecule has 2 N–H and O–H groups in total. The number of phenolic OH excluding ortho intramolecular Hbond substituents is 1. The number of benzene rings is 1. The smallest absolute Gasteiger partial charge is 0.411 e. The number of hydrogen-bond acceptors (Lipinski definition) is 6. The van der Waals surface area contributed by atoms with E-state index < -0.39 is 6.09 Å². The van der Waals surface area contributed by atoms with Gasteiger partial charge in [0, 0.05) is 24.0 Å². The van der Waals surface area contributed by atoms with E-state index in [0.29, 0.717) is 16.5 Å². The molecule has 1 amide bonds. The second-order valence-electron chi connectivity index (χ2n) is 4.93. The lowest BCUT2D eigenvalue weighted by Crippen LogP contribution is -2.15. The van der Waals surface area contributed by atoms with Crippen LogP contribution in [0.5, 0.6) is 5.75 Å². The molecule has 0 aliphatic heterocycles. The fraction of sp³-hybridized carbons (Fsp3) is 0.118. The minimum Gasteiger partial charge on any atom is -0.508 e. The van der Waals surface area contributed by atoms with Gasteiger partial charge in [-0.25, -0.2) is 4.79 Å². The summed E-state index contributed by atoms with van der Waals surface area (Å²) in [5.74, 6) is -0.0580. The lowest BCUT2D eigenvalue weighted by Gasteiger charge is -2.11. The van der Waals surface area contributed by atoms with Crippen LogP contribution in [0.1, 0.15) is 6.92 Å². The number of pyridine rings is 1. The first-order valence-corrected chi connectivity index (χ1v) is 7.23. The normalized spacial score (nSPS) is 10.5. The van der Waals surface area contributed by atoms with E-state index in [-0.39, 0.29) is 29.0 Å². The average molecular weight is 326 g/mol. The van der Waals surface area contributed by atoms with Gasteiger partial charge in [0.05, 0.1) is 23.2 Å². The molecule has 0 spiro atoms. The van der Waals surface area contributed by atoms with Gasteiger partial charge in [-0.05, 0) is 25.1 Å². The molecule has 0 aliphatic carbocycles. The van der Waals surface area contributed by atoms with Crippen molar-refractivity contribution in [1.29, 1.82) is 0 Å². The summed E-state index contributed by atoms with van der Waals surface area (Å²) in [6.07, 6.45) is 3.58. The van der Waals surface area contributed by atoms with Gasteiger partial charge in [-0.1, -0.05) is 0 Å². The average Bonchev–Trinajstić information content (AvgIpc) is 2.56. The fourth-order valence-corrected chi connectivity index (χ4v) is 2.31. The van der Waals surface area contributed by atoms with Crippen LogP contribution in [-0.4, -0.2) is 22.8 Å². The Morgan fingerprint density at radius 1 is 1.33 bits per heavy atom. The van der Waals surface area contributed by atoms with E-state index in [1.165, 1.54) is 36.9 Å². The molecule has 0 aliphatic rings. The van der Waals surface area contributed by atoms with E-state index in [2.05, 4.69) is 10.3 Å². The molecule has 3 aromatic rings. The van der Waals surface area contributed by atoms with Crippen molar-refractivity contribution in [2.45, 2.75) is 6.92 Å². The zero-order valence-electron chi connectivity index (χ0n) is 12.8. The monoisotopic (exact) mass is 326 g/mol. The van der Waals surface area contributed by atoms with E-state index in [9.17, 15) is 14.7 Å². The Kier molecular flexibility index (Phi) is 4.15. The zero-order chi connectivity index (χ0) is 17.1. The Bertz CT molecular complexity index is 965. The number of amides is 1. The van der Waals surface area contributed by atoms with Crippen molar-refractivity contribution in [3.63, 3.8) is 0 Å². The van der Waals surface area contributed by atoms with E-state index in [1.807, 2.05) is 0 Å². The molecular formula is C17H14N2O5. The first-order valence-electron chi connectivity index (χ1n) is 7.23. The molecule has 0 bridgehead atoms. The number of fused-ring (bicyclic) bond motifs is 1. The highest BCUT2D eigenvalue weighted by Crippen LogP contribution is 2.30. The number of phenols is 1. The lowest BCUT2D eigenvalue weighted by atomic mass is 10.0. The number of ether oxygens (including phenoxy) is 1. The maximum atomic E-state index is 12.7. The van der Waals surface area contributed by atoms with Crippen LogP contribution >= 0.6 is 0 Å². The third-order valence-corrected chi connectivity index (χ3v) is 3.38. The molecule has 0 unspecified atom stereocenters. The molecule has 7 nitrogen and oxygen atoms in total. The van der Waals surface area contributed by atoms with Gasteiger partial charge in [0.1, 0.15) is 17.6 Å². The third kappa shape index (κ3) is 2.91. The molecule has 0 fully saturated rings. The van der Waals surface area contributed by atoms with Crippen molar-refractivity contribution in [2.24, 2.45) is 0 Å². The van der Waals surface area contributed by atoms with Gasteiger partial charge < -0.3 is 14.3 Å². The van der Waals surface area contributed by atoms with Crippen molar-refractivity contribution >= 4 is 22.7 Å². The van der Waals surface area contributed by atoms with Gasteiger partial charge in [0.25, 0.3) is 0 Å². The second kappa shape index (κ2) is 6.41. The summed E-state index contributed by atoms with van der Waals surface area (Å²) in [7, 11) is 0. The third-order valence-electron chi connectivity index (χ3n) is 3.38. The molecule has 122 valence electrons. The maximum absolute atomic E-state index is 12.7. The van der Waals surface area contributed by atoms with Crippen molar-refractivity contribution in [3.05, 3.63) is 53.1 Å². The van der Waals surface area contributed by atoms with Crippen molar-refractivity contribution < 1.29 is 19.1 Å². The van der Waals surface area contributed by atoms with Gasteiger partial charge >= 0.3 is 6.09 Å². The van der Waals surface area contributed by atoms with Crippen LogP contribution in [0.3, 0.4) is 0 Å².